The van der Waals surface area contributed by atoms with Gasteiger partial charge in [-0.3, -0.25) is 0 Å². The first-order chi connectivity index (χ1) is 8.53. The second-order valence-corrected chi connectivity index (χ2v) is 6.61. The van der Waals surface area contributed by atoms with Gasteiger partial charge in [0.2, 0.25) is 10.0 Å². The molecule has 102 valence electrons. The van der Waals surface area contributed by atoms with Gasteiger partial charge in [-0.25, -0.2) is 13.1 Å². The first-order valence-corrected chi connectivity index (χ1v) is 7.79. The Kier molecular flexibility index (Phi) is 4.09. The number of aryl methyl sites for hydroxylation is 1. The average Bonchev–Trinajstić information content (AvgIpc) is 2.72. The third-order valence-corrected chi connectivity index (χ3v) is 4.97. The molecule has 6 heteroatoms. The summed E-state index contributed by atoms with van der Waals surface area (Å²) >= 11 is 0. The SMILES string of the molecule is Cn1cc(S(=O)(=O)NC2CCCCC2)cc1CO. The van der Waals surface area contributed by atoms with E-state index in [1.165, 1.54) is 18.7 Å². The molecule has 1 aliphatic rings. The van der Waals surface area contributed by atoms with E-state index in [0.717, 1.165) is 25.7 Å². The van der Waals surface area contributed by atoms with Crippen LogP contribution in [0, 0.1) is 0 Å². The highest BCUT2D eigenvalue weighted by Crippen LogP contribution is 2.20. The molecule has 0 saturated heterocycles. The second-order valence-electron chi connectivity index (χ2n) is 4.89. The fraction of sp³-hybridized carbons (Fsp3) is 0.667. The lowest BCUT2D eigenvalue weighted by atomic mass is 9.96. The van der Waals surface area contributed by atoms with Crippen LogP contribution in [-0.2, 0) is 23.7 Å². The molecule has 0 amide bonds. The Morgan fingerprint density at radius 3 is 2.61 bits per heavy atom. The van der Waals surface area contributed by atoms with Crippen molar-refractivity contribution in [3.8, 4) is 0 Å². The van der Waals surface area contributed by atoms with Crippen molar-refractivity contribution in [2.45, 2.75) is 49.6 Å². The Morgan fingerprint density at radius 2 is 2.06 bits per heavy atom. The molecule has 5 nitrogen and oxygen atoms in total. The van der Waals surface area contributed by atoms with E-state index in [2.05, 4.69) is 4.72 Å². The Morgan fingerprint density at radius 1 is 1.39 bits per heavy atom. The van der Waals surface area contributed by atoms with Gasteiger partial charge in [-0.1, -0.05) is 19.3 Å². The molecule has 1 aliphatic carbocycles. The van der Waals surface area contributed by atoms with E-state index in [4.69, 9.17) is 5.11 Å². The molecule has 0 radical (unpaired) electrons. The summed E-state index contributed by atoms with van der Waals surface area (Å²) < 4.78 is 28.7. The van der Waals surface area contributed by atoms with Crippen molar-refractivity contribution in [3.05, 3.63) is 18.0 Å². The van der Waals surface area contributed by atoms with Crippen molar-refractivity contribution in [3.63, 3.8) is 0 Å². The number of sulfonamides is 1. The number of hydrogen-bond donors (Lipinski definition) is 2. The number of aliphatic hydroxyl groups is 1. The van der Waals surface area contributed by atoms with Crippen LogP contribution < -0.4 is 4.72 Å². The van der Waals surface area contributed by atoms with Gasteiger partial charge in [-0.05, 0) is 18.9 Å². The van der Waals surface area contributed by atoms with Gasteiger partial charge in [-0.2, -0.15) is 0 Å². The van der Waals surface area contributed by atoms with E-state index in [-0.39, 0.29) is 17.5 Å². The number of nitrogens with one attached hydrogen (secondary N) is 1. The van der Waals surface area contributed by atoms with Crippen LogP contribution >= 0.6 is 0 Å². The van der Waals surface area contributed by atoms with E-state index in [1.54, 1.807) is 11.6 Å². The van der Waals surface area contributed by atoms with Gasteiger partial charge >= 0.3 is 0 Å². The van der Waals surface area contributed by atoms with Gasteiger partial charge in [0.25, 0.3) is 0 Å². The maximum atomic E-state index is 12.2. The van der Waals surface area contributed by atoms with Gasteiger partial charge in [0.15, 0.2) is 0 Å². The molecule has 1 aromatic rings. The maximum absolute atomic E-state index is 12.2. The van der Waals surface area contributed by atoms with Crippen LogP contribution in [0.15, 0.2) is 17.2 Å². The molecule has 0 unspecified atom stereocenters. The lowest BCUT2D eigenvalue weighted by Gasteiger charge is -2.22. The Labute approximate surface area is 108 Å². The fourth-order valence-electron chi connectivity index (χ4n) is 2.39. The average molecular weight is 272 g/mol. The van der Waals surface area contributed by atoms with Gasteiger partial charge in [0.05, 0.1) is 11.5 Å². The van der Waals surface area contributed by atoms with E-state index in [0.29, 0.717) is 5.69 Å². The topological polar surface area (TPSA) is 71.3 Å². The minimum absolute atomic E-state index is 0.0570. The number of hydrogen-bond acceptors (Lipinski definition) is 3. The highest BCUT2D eigenvalue weighted by atomic mass is 32.2. The molecule has 1 aromatic heterocycles. The van der Waals surface area contributed by atoms with E-state index in [1.807, 2.05) is 0 Å². The lowest BCUT2D eigenvalue weighted by Crippen LogP contribution is -2.36. The highest BCUT2D eigenvalue weighted by Gasteiger charge is 2.23. The van der Waals surface area contributed by atoms with Crippen molar-refractivity contribution < 1.29 is 13.5 Å². The summed E-state index contributed by atoms with van der Waals surface area (Å²) in [5, 5.41) is 9.08. The monoisotopic (exact) mass is 272 g/mol. The Hall–Kier alpha value is -0.850. The van der Waals surface area contributed by atoms with E-state index >= 15 is 0 Å². The summed E-state index contributed by atoms with van der Waals surface area (Å²) in [7, 11) is -1.73. The summed E-state index contributed by atoms with van der Waals surface area (Å²) in [6.45, 7) is -0.157. The molecule has 1 heterocycles. The summed E-state index contributed by atoms with van der Waals surface area (Å²) in [5.41, 5.74) is 0.596. The van der Waals surface area contributed by atoms with Crippen molar-refractivity contribution >= 4 is 10.0 Å². The summed E-state index contributed by atoms with van der Waals surface area (Å²) in [5.74, 6) is 0. The number of nitrogens with zero attached hydrogens (tertiary/aromatic N) is 1. The van der Waals surface area contributed by atoms with Gasteiger partial charge < -0.3 is 9.67 Å². The number of aromatic nitrogens is 1. The second kappa shape index (κ2) is 5.42. The predicted molar refractivity (Wildman–Crippen MR) is 68.5 cm³/mol. The first-order valence-electron chi connectivity index (χ1n) is 6.31. The van der Waals surface area contributed by atoms with E-state index < -0.39 is 10.0 Å². The van der Waals surface area contributed by atoms with Gasteiger partial charge in [0, 0.05) is 25.0 Å². The minimum Gasteiger partial charge on any atom is -0.390 e. The molecule has 2 rings (SSSR count). The lowest BCUT2D eigenvalue weighted by molar-refractivity contribution is 0.272. The number of rotatable bonds is 4. The van der Waals surface area contributed by atoms with E-state index in [9.17, 15) is 8.42 Å². The zero-order valence-corrected chi connectivity index (χ0v) is 11.4. The van der Waals surface area contributed by atoms with Crippen molar-refractivity contribution in [1.29, 1.82) is 0 Å². The van der Waals surface area contributed by atoms with Crippen LogP contribution in [-0.4, -0.2) is 24.1 Å². The van der Waals surface area contributed by atoms with Crippen molar-refractivity contribution in [1.82, 2.24) is 9.29 Å². The first kappa shape index (κ1) is 13.6. The van der Waals surface area contributed by atoms with Crippen LogP contribution in [0.2, 0.25) is 0 Å². The largest absolute Gasteiger partial charge is 0.390 e. The molecule has 2 N–H and O–H groups in total. The maximum Gasteiger partial charge on any atom is 0.242 e. The smallest absolute Gasteiger partial charge is 0.242 e. The quantitative estimate of drug-likeness (QED) is 0.863. The highest BCUT2D eigenvalue weighted by molar-refractivity contribution is 7.89. The normalized spacial score (nSPS) is 18.1. The zero-order valence-electron chi connectivity index (χ0n) is 10.6. The molecule has 1 saturated carbocycles. The Balaban J connectivity index is 2.13. The fourth-order valence-corrected chi connectivity index (χ4v) is 3.79. The number of aliphatic hydroxyl groups excluding tert-OH is 1. The van der Waals surface area contributed by atoms with Gasteiger partial charge in [-0.15, -0.1) is 0 Å². The third kappa shape index (κ3) is 2.93. The molecule has 0 bridgehead atoms. The molecule has 0 atom stereocenters. The third-order valence-electron chi connectivity index (χ3n) is 3.48. The van der Waals surface area contributed by atoms with Crippen LogP contribution in [0.4, 0.5) is 0 Å². The van der Waals surface area contributed by atoms with Crippen molar-refractivity contribution in [2.75, 3.05) is 0 Å². The van der Waals surface area contributed by atoms with Crippen LogP contribution in [0.5, 0.6) is 0 Å². The molecule has 0 spiro atoms. The van der Waals surface area contributed by atoms with Crippen LogP contribution in [0.3, 0.4) is 0 Å². The standard InChI is InChI=1S/C12H20N2O3S/c1-14-8-12(7-11(14)9-15)18(16,17)13-10-5-3-2-4-6-10/h7-8,10,13,15H,2-6,9H2,1H3. The molecule has 0 aliphatic heterocycles. The summed E-state index contributed by atoms with van der Waals surface area (Å²) in [4.78, 5) is 0.236. The predicted octanol–water partition coefficient (Wildman–Crippen LogP) is 1.13. The molecule has 0 aromatic carbocycles. The van der Waals surface area contributed by atoms with Crippen LogP contribution in [0.1, 0.15) is 37.8 Å². The molecule has 18 heavy (non-hydrogen) atoms. The van der Waals surface area contributed by atoms with Crippen LogP contribution in [0.25, 0.3) is 0 Å². The molecular weight excluding hydrogens is 252 g/mol. The molecular formula is C12H20N2O3S. The summed E-state index contributed by atoms with van der Waals surface area (Å²) in [6, 6.07) is 1.58. The zero-order chi connectivity index (χ0) is 13.2. The van der Waals surface area contributed by atoms with Crippen molar-refractivity contribution in [2.24, 2.45) is 7.05 Å². The molecule has 1 fully saturated rings. The summed E-state index contributed by atoms with van der Waals surface area (Å²) in [6.07, 6.45) is 6.74. The Bertz CT molecular complexity index is 501. The minimum atomic E-state index is -3.45. The van der Waals surface area contributed by atoms with Gasteiger partial charge in [0.1, 0.15) is 0 Å².